The molecule has 1 nitrogen and oxygen atoms in total. The van der Waals surface area contributed by atoms with E-state index in [1.165, 1.54) is 31.7 Å². The molecule has 0 heterocycles. The first-order valence-corrected chi connectivity index (χ1v) is 7.94. The quantitative estimate of drug-likeness (QED) is 0.749. The van der Waals surface area contributed by atoms with Crippen LogP contribution >= 0.6 is 11.6 Å². The van der Waals surface area contributed by atoms with Crippen LogP contribution in [0.4, 0.5) is 18.9 Å². The largest absolute Gasteiger partial charge is 0.416 e. The molecule has 2 saturated carbocycles. The second-order valence-electron chi connectivity index (χ2n) is 6.30. The maximum atomic E-state index is 12.6. The van der Waals surface area contributed by atoms with Crippen LogP contribution in [0.5, 0.6) is 0 Å². The Kier molecular flexibility index (Phi) is 4.08. The van der Waals surface area contributed by atoms with Gasteiger partial charge in [-0.3, -0.25) is 0 Å². The lowest BCUT2D eigenvalue weighted by Crippen LogP contribution is -2.28. The molecule has 2 atom stereocenters. The molecule has 21 heavy (non-hydrogen) atoms. The highest BCUT2D eigenvalue weighted by molar-refractivity contribution is 6.33. The van der Waals surface area contributed by atoms with Gasteiger partial charge in [0, 0.05) is 6.04 Å². The Hall–Kier alpha value is -0.900. The van der Waals surface area contributed by atoms with E-state index in [2.05, 4.69) is 5.32 Å². The van der Waals surface area contributed by atoms with Gasteiger partial charge in [-0.1, -0.05) is 24.4 Å². The monoisotopic (exact) mass is 317 g/mol. The summed E-state index contributed by atoms with van der Waals surface area (Å²) in [5.74, 6) is 1.67. The number of halogens is 4. The van der Waals surface area contributed by atoms with Crippen molar-refractivity contribution in [2.24, 2.45) is 11.8 Å². The maximum absolute atomic E-state index is 12.6. The van der Waals surface area contributed by atoms with E-state index in [0.717, 1.165) is 36.8 Å². The van der Waals surface area contributed by atoms with Crippen LogP contribution in [-0.2, 0) is 6.18 Å². The third-order valence-electron chi connectivity index (χ3n) is 4.66. The van der Waals surface area contributed by atoms with Crippen molar-refractivity contribution in [1.29, 1.82) is 0 Å². The molecule has 0 bridgehead atoms. The van der Waals surface area contributed by atoms with Crippen LogP contribution in [0.15, 0.2) is 18.2 Å². The van der Waals surface area contributed by atoms with Gasteiger partial charge in [-0.05, 0) is 55.7 Å². The van der Waals surface area contributed by atoms with Gasteiger partial charge in [-0.15, -0.1) is 0 Å². The Labute approximate surface area is 127 Å². The molecule has 3 rings (SSSR count). The van der Waals surface area contributed by atoms with Crippen molar-refractivity contribution in [3.8, 4) is 0 Å². The molecule has 2 fully saturated rings. The molecule has 0 saturated heterocycles. The number of rotatable bonds is 3. The molecule has 1 aromatic rings. The number of nitrogens with one attached hydrogen (secondary N) is 1. The van der Waals surface area contributed by atoms with Gasteiger partial charge in [-0.2, -0.15) is 13.2 Å². The summed E-state index contributed by atoms with van der Waals surface area (Å²) in [5.41, 5.74) is -0.0799. The van der Waals surface area contributed by atoms with E-state index in [9.17, 15) is 13.2 Å². The predicted octanol–water partition coefficient (Wildman–Crippen LogP) is 5.74. The minimum atomic E-state index is -4.34. The van der Waals surface area contributed by atoms with Gasteiger partial charge in [0.1, 0.15) is 0 Å². The minimum Gasteiger partial charge on any atom is -0.381 e. The Bertz CT molecular complexity index is 511. The highest BCUT2D eigenvalue weighted by atomic mass is 35.5. The fourth-order valence-corrected chi connectivity index (χ4v) is 3.62. The van der Waals surface area contributed by atoms with E-state index in [1.54, 1.807) is 0 Å². The predicted molar refractivity (Wildman–Crippen MR) is 78.5 cm³/mol. The first-order valence-electron chi connectivity index (χ1n) is 7.57. The number of alkyl halides is 3. The van der Waals surface area contributed by atoms with Crippen LogP contribution in [0.25, 0.3) is 0 Å². The number of benzene rings is 1. The second kappa shape index (κ2) is 5.71. The summed E-state index contributed by atoms with van der Waals surface area (Å²) in [6, 6.07) is 3.88. The van der Waals surface area contributed by atoms with Crippen molar-refractivity contribution in [3.05, 3.63) is 28.8 Å². The van der Waals surface area contributed by atoms with Crippen molar-refractivity contribution < 1.29 is 13.2 Å². The van der Waals surface area contributed by atoms with E-state index < -0.39 is 11.7 Å². The molecule has 0 spiro atoms. The summed E-state index contributed by atoms with van der Waals surface area (Å²) < 4.78 is 37.9. The SMILES string of the molecule is FC(F)(F)c1ccc(NC2CCCC(C3CC3)C2)c(Cl)c1. The van der Waals surface area contributed by atoms with Crippen LogP contribution in [0.2, 0.25) is 5.02 Å². The zero-order valence-electron chi connectivity index (χ0n) is 11.7. The van der Waals surface area contributed by atoms with Crippen LogP contribution in [0.1, 0.15) is 44.1 Å². The van der Waals surface area contributed by atoms with Crippen LogP contribution in [0, 0.1) is 11.8 Å². The topological polar surface area (TPSA) is 12.0 Å². The Balaban J connectivity index is 1.66. The van der Waals surface area contributed by atoms with Gasteiger partial charge in [0.15, 0.2) is 0 Å². The normalized spacial score (nSPS) is 26.7. The molecule has 0 aliphatic heterocycles. The molecule has 116 valence electrons. The number of hydrogen-bond donors (Lipinski definition) is 1. The molecule has 0 amide bonds. The smallest absolute Gasteiger partial charge is 0.381 e. The summed E-state index contributed by atoms with van der Waals surface area (Å²) in [6.07, 6.45) is 3.02. The van der Waals surface area contributed by atoms with Gasteiger partial charge < -0.3 is 5.32 Å². The summed E-state index contributed by atoms with van der Waals surface area (Å²) in [4.78, 5) is 0. The van der Waals surface area contributed by atoms with Crippen molar-refractivity contribution in [1.82, 2.24) is 0 Å². The van der Waals surface area contributed by atoms with Crippen molar-refractivity contribution in [3.63, 3.8) is 0 Å². The van der Waals surface area contributed by atoms with Gasteiger partial charge in [-0.25, -0.2) is 0 Å². The van der Waals surface area contributed by atoms with E-state index >= 15 is 0 Å². The highest BCUT2D eigenvalue weighted by Gasteiger charge is 2.35. The minimum absolute atomic E-state index is 0.151. The zero-order valence-corrected chi connectivity index (χ0v) is 12.5. The molecule has 1 aromatic carbocycles. The van der Waals surface area contributed by atoms with Gasteiger partial charge in [0.25, 0.3) is 0 Å². The molecule has 0 radical (unpaired) electrons. The van der Waals surface area contributed by atoms with E-state index in [4.69, 9.17) is 11.6 Å². The molecule has 2 unspecified atom stereocenters. The number of hydrogen-bond acceptors (Lipinski definition) is 1. The molecule has 0 aromatic heterocycles. The van der Waals surface area contributed by atoms with Crippen molar-refractivity contribution >= 4 is 17.3 Å². The summed E-state index contributed by atoms with van der Waals surface area (Å²) in [7, 11) is 0. The molecule has 5 heteroatoms. The Morgan fingerprint density at radius 3 is 2.43 bits per heavy atom. The Morgan fingerprint density at radius 2 is 1.81 bits per heavy atom. The van der Waals surface area contributed by atoms with E-state index in [0.29, 0.717) is 11.7 Å². The molecular weight excluding hydrogens is 299 g/mol. The van der Waals surface area contributed by atoms with E-state index in [-0.39, 0.29) is 5.02 Å². The van der Waals surface area contributed by atoms with Gasteiger partial charge >= 0.3 is 6.18 Å². The number of anilines is 1. The van der Waals surface area contributed by atoms with Crippen molar-refractivity contribution in [2.45, 2.75) is 50.7 Å². The standard InChI is InChI=1S/C16H19ClF3N/c17-14-9-12(16(18,19)20)6-7-15(14)21-13-3-1-2-11(8-13)10-4-5-10/h6-7,9-11,13,21H,1-5,8H2. The average Bonchev–Trinajstić information content (AvgIpc) is 3.25. The fraction of sp³-hybridized carbons (Fsp3) is 0.625. The van der Waals surface area contributed by atoms with Crippen LogP contribution in [0.3, 0.4) is 0 Å². The lowest BCUT2D eigenvalue weighted by Gasteiger charge is -2.31. The summed E-state index contributed by atoms with van der Waals surface area (Å²) in [6.45, 7) is 0. The lowest BCUT2D eigenvalue weighted by molar-refractivity contribution is -0.137. The molecule has 2 aliphatic rings. The maximum Gasteiger partial charge on any atom is 0.416 e. The first-order chi connectivity index (χ1) is 9.93. The molecular formula is C16H19ClF3N. The van der Waals surface area contributed by atoms with Gasteiger partial charge in [0.05, 0.1) is 16.3 Å². The third-order valence-corrected chi connectivity index (χ3v) is 4.97. The summed E-state index contributed by atoms with van der Waals surface area (Å²) in [5, 5.41) is 3.49. The summed E-state index contributed by atoms with van der Waals surface area (Å²) >= 11 is 6.00. The van der Waals surface area contributed by atoms with Crippen molar-refractivity contribution in [2.75, 3.05) is 5.32 Å². The third kappa shape index (κ3) is 3.65. The first kappa shape index (κ1) is 15.0. The van der Waals surface area contributed by atoms with Crippen LogP contribution in [-0.4, -0.2) is 6.04 Å². The highest BCUT2D eigenvalue weighted by Crippen LogP contribution is 2.44. The van der Waals surface area contributed by atoms with E-state index in [1.807, 2.05) is 0 Å². The zero-order chi connectivity index (χ0) is 15.0. The van der Waals surface area contributed by atoms with Crippen LogP contribution < -0.4 is 5.32 Å². The second-order valence-corrected chi connectivity index (χ2v) is 6.70. The average molecular weight is 318 g/mol. The lowest BCUT2D eigenvalue weighted by atomic mass is 9.82. The van der Waals surface area contributed by atoms with Gasteiger partial charge in [0.2, 0.25) is 0 Å². The fourth-order valence-electron chi connectivity index (χ4n) is 3.38. The Morgan fingerprint density at radius 1 is 1.05 bits per heavy atom. The molecule has 2 aliphatic carbocycles. The molecule has 1 N–H and O–H groups in total.